The van der Waals surface area contributed by atoms with Gasteiger partial charge >= 0.3 is 18.4 Å². The molecule has 35 heavy (non-hydrogen) atoms. The molecular formula is C22H30F6N6O. The summed E-state index contributed by atoms with van der Waals surface area (Å²) in [6.07, 6.45) is -6.10. The van der Waals surface area contributed by atoms with Crippen LogP contribution in [0.15, 0.2) is 12.4 Å². The van der Waals surface area contributed by atoms with Crippen LogP contribution in [-0.2, 0) is 6.18 Å². The second kappa shape index (κ2) is 9.29. The standard InChI is InChI=1S/C22H30F6N6O/c1-14-10-33(18-29-8-16(9-30-18)22(26,27)28)11-15(2)34(14)19(35)31-17-6-20(7-17)12-32(13-20)5-3-4-21(23,24)25/h8-9,14-15,17H,3-7,10-13H2,1-2H3,(H,31,35)/t14-,15+. The van der Waals surface area contributed by atoms with Gasteiger partial charge in [-0.1, -0.05) is 0 Å². The largest absolute Gasteiger partial charge is 0.419 e. The number of nitrogens with zero attached hydrogens (tertiary/aromatic N) is 5. The Balaban J connectivity index is 1.21. The summed E-state index contributed by atoms with van der Waals surface area (Å²) in [4.78, 5) is 26.2. The van der Waals surface area contributed by atoms with Crippen molar-refractivity contribution in [2.24, 2.45) is 5.41 Å². The molecule has 0 radical (unpaired) electrons. The zero-order chi connectivity index (χ0) is 25.6. The van der Waals surface area contributed by atoms with Crippen molar-refractivity contribution in [2.75, 3.05) is 37.6 Å². The van der Waals surface area contributed by atoms with Crippen LogP contribution >= 0.6 is 0 Å². The summed E-state index contributed by atoms with van der Waals surface area (Å²) >= 11 is 0. The van der Waals surface area contributed by atoms with E-state index in [0.717, 1.165) is 38.3 Å². The van der Waals surface area contributed by atoms with E-state index in [-0.39, 0.29) is 41.9 Å². The number of hydrogen-bond donors (Lipinski definition) is 1. The second-order valence-electron chi connectivity index (χ2n) is 10.3. The Bertz CT molecular complexity index is 881. The van der Waals surface area contributed by atoms with Crippen molar-refractivity contribution in [3.05, 3.63) is 18.0 Å². The minimum absolute atomic E-state index is 0.0375. The third kappa shape index (κ3) is 5.92. The van der Waals surface area contributed by atoms with E-state index in [1.54, 1.807) is 9.80 Å². The molecule has 1 aromatic heterocycles. The first-order valence-electron chi connectivity index (χ1n) is 11.8. The molecule has 2 saturated heterocycles. The molecule has 0 unspecified atom stereocenters. The van der Waals surface area contributed by atoms with Crippen molar-refractivity contribution in [3.8, 4) is 0 Å². The van der Waals surface area contributed by atoms with E-state index in [2.05, 4.69) is 15.3 Å². The monoisotopic (exact) mass is 508 g/mol. The average molecular weight is 509 g/mol. The molecular weight excluding hydrogens is 478 g/mol. The molecule has 0 aromatic carbocycles. The Hall–Kier alpha value is -2.31. The highest BCUT2D eigenvalue weighted by atomic mass is 19.4. The van der Waals surface area contributed by atoms with Gasteiger partial charge in [-0.15, -0.1) is 0 Å². The number of carbonyl (C=O) groups excluding carboxylic acids is 1. The van der Waals surface area contributed by atoms with E-state index in [1.165, 1.54) is 0 Å². The summed E-state index contributed by atoms with van der Waals surface area (Å²) < 4.78 is 75.2. The Morgan fingerprint density at radius 3 is 2.14 bits per heavy atom. The third-order valence-electron chi connectivity index (χ3n) is 7.14. The highest BCUT2D eigenvalue weighted by Gasteiger charge is 2.52. The van der Waals surface area contributed by atoms with Crippen LogP contribution in [0, 0.1) is 5.41 Å². The molecule has 13 heteroatoms. The minimum Gasteiger partial charge on any atom is -0.337 e. The fourth-order valence-corrected chi connectivity index (χ4v) is 5.68. The average Bonchev–Trinajstić information content (AvgIpc) is 2.68. The number of carbonyl (C=O) groups is 1. The number of halogens is 6. The van der Waals surface area contributed by atoms with Gasteiger partial charge in [0.05, 0.1) is 5.56 Å². The summed E-state index contributed by atoms with van der Waals surface area (Å²) in [5.41, 5.74) is -0.805. The molecule has 0 bridgehead atoms. The molecule has 2 amide bonds. The topological polar surface area (TPSA) is 64.6 Å². The molecule has 3 heterocycles. The fourth-order valence-electron chi connectivity index (χ4n) is 5.68. The second-order valence-corrected chi connectivity index (χ2v) is 10.3. The number of anilines is 1. The Morgan fingerprint density at radius 2 is 1.63 bits per heavy atom. The molecule has 1 saturated carbocycles. The Kier molecular flexibility index (Phi) is 6.84. The van der Waals surface area contributed by atoms with E-state index in [9.17, 15) is 31.1 Å². The summed E-state index contributed by atoms with van der Waals surface area (Å²) in [6.45, 7) is 6.53. The SMILES string of the molecule is C[C@@H]1CN(c2ncc(C(F)(F)F)cn2)C[C@H](C)N1C(=O)NC1CC2(C1)CN(CCCC(F)(F)F)C2. The lowest BCUT2D eigenvalue weighted by molar-refractivity contribution is -0.140. The number of aromatic nitrogens is 2. The lowest BCUT2D eigenvalue weighted by Gasteiger charge is -2.59. The van der Waals surface area contributed by atoms with Crippen molar-refractivity contribution in [1.82, 2.24) is 25.1 Å². The quantitative estimate of drug-likeness (QED) is 0.612. The number of amides is 2. The third-order valence-corrected chi connectivity index (χ3v) is 7.14. The van der Waals surface area contributed by atoms with Crippen molar-refractivity contribution < 1.29 is 31.1 Å². The van der Waals surface area contributed by atoms with Gasteiger partial charge in [-0.3, -0.25) is 0 Å². The molecule has 2 aliphatic heterocycles. The predicted molar refractivity (Wildman–Crippen MR) is 116 cm³/mol. The predicted octanol–water partition coefficient (Wildman–Crippen LogP) is 3.91. The maximum absolute atomic E-state index is 13.0. The normalized spacial score (nSPS) is 25.4. The summed E-state index contributed by atoms with van der Waals surface area (Å²) in [5.74, 6) is 0.197. The first-order valence-corrected chi connectivity index (χ1v) is 11.8. The molecule has 196 valence electrons. The van der Waals surface area contributed by atoms with Gasteiger partial charge in [-0.2, -0.15) is 26.3 Å². The first-order chi connectivity index (χ1) is 16.2. The van der Waals surface area contributed by atoms with Gasteiger partial charge in [-0.05, 0) is 45.1 Å². The molecule has 7 nitrogen and oxygen atoms in total. The van der Waals surface area contributed by atoms with Crippen LogP contribution in [0.2, 0.25) is 0 Å². The van der Waals surface area contributed by atoms with E-state index < -0.39 is 24.3 Å². The maximum Gasteiger partial charge on any atom is 0.419 e. The fraction of sp³-hybridized carbons (Fsp3) is 0.773. The Morgan fingerprint density at radius 1 is 1.06 bits per heavy atom. The van der Waals surface area contributed by atoms with Gasteiger partial charge in [-0.25, -0.2) is 14.8 Å². The molecule has 3 aliphatic rings. The van der Waals surface area contributed by atoms with Crippen LogP contribution in [0.1, 0.15) is 45.1 Å². The molecule has 4 rings (SSSR count). The highest BCUT2D eigenvalue weighted by Crippen LogP contribution is 2.48. The van der Waals surface area contributed by atoms with Gasteiger partial charge in [0.1, 0.15) is 0 Å². The van der Waals surface area contributed by atoms with Gasteiger partial charge < -0.3 is 20.0 Å². The van der Waals surface area contributed by atoms with Gasteiger partial charge in [0.15, 0.2) is 0 Å². The lowest BCUT2D eigenvalue weighted by atomic mass is 9.60. The number of rotatable bonds is 5. The van der Waals surface area contributed by atoms with Gasteiger partial charge in [0.2, 0.25) is 5.95 Å². The molecule has 1 spiro atoms. The van der Waals surface area contributed by atoms with Crippen molar-refractivity contribution in [2.45, 2.75) is 70.0 Å². The molecule has 1 aromatic rings. The molecule has 3 fully saturated rings. The zero-order valence-electron chi connectivity index (χ0n) is 19.7. The van der Waals surface area contributed by atoms with E-state index >= 15 is 0 Å². The lowest BCUT2D eigenvalue weighted by Crippen LogP contribution is -2.68. The van der Waals surface area contributed by atoms with Crippen molar-refractivity contribution in [3.63, 3.8) is 0 Å². The number of piperazine rings is 1. The number of alkyl halides is 6. The van der Waals surface area contributed by atoms with E-state index in [1.807, 2.05) is 18.7 Å². The number of likely N-dealkylation sites (tertiary alicyclic amines) is 1. The van der Waals surface area contributed by atoms with Gasteiger partial charge in [0.25, 0.3) is 0 Å². The van der Waals surface area contributed by atoms with Crippen LogP contribution < -0.4 is 10.2 Å². The van der Waals surface area contributed by atoms with Crippen LogP contribution in [0.4, 0.5) is 37.1 Å². The van der Waals surface area contributed by atoms with Crippen LogP contribution in [0.5, 0.6) is 0 Å². The molecule has 1 N–H and O–H groups in total. The first kappa shape index (κ1) is 25.8. The molecule has 1 aliphatic carbocycles. The van der Waals surface area contributed by atoms with Crippen molar-refractivity contribution in [1.29, 1.82) is 0 Å². The maximum atomic E-state index is 13.0. The minimum atomic E-state index is -4.50. The number of hydrogen-bond acceptors (Lipinski definition) is 5. The van der Waals surface area contributed by atoms with Crippen LogP contribution in [-0.4, -0.2) is 82.8 Å². The number of nitrogens with one attached hydrogen (secondary N) is 1. The summed E-state index contributed by atoms with van der Waals surface area (Å²) in [6, 6.07) is -0.548. The molecule has 2 atom stereocenters. The smallest absolute Gasteiger partial charge is 0.337 e. The summed E-state index contributed by atoms with van der Waals surface area (Å²) in [7, 11) is 0. The van der Waals surface area contributed by atoms with Crippen molar-refractivity contribution >= 4 is 12.0 Å². The number of urea groups is 1. The highest BCUT2D eigenvalue weighted by molar-refractivity contribution is 5.76. The van der Waals surface area contributed by atoms with Crippen LogP contribution in [0.3, 0.4) is 0 Å². The van der Waals surface area contributed by atoms with E-state index in [4.69, 9.17) is 0 Å². The van der Waals surface area contributed by atoms with E-state index in [0.29, 0.717) is 19.6 Å². The van der Waals surface area contributed by atoms with Gasteiger partial charge in [0, 0.05) is 63.1 Å². The summed E-state index contributed by atoms with van der Waals surface area (Å²) in [5, 5.41) is 3.07. The Labute approximate surface area is 199 Å². The van der Waals surface area contributed by atoms with Crippen LogP contribution in [0.25, 0.3) is 0 Å². The zero-order valence-corrected chi connectivity index (χ0v) is 19.7.